The number of aldehydes is 1. The summed E-state index contributed by atoms with van der Waals surface area (Å²) in [5, 5.41) is 1.17. The van der Waals surface area contributed by atoms with Crippen LogP contribution < -0.4 is 5.73 Å². The van der Waals surface area contributed by atoms with Crippen molar-refractivity contribution in [2.45, 2.75) is 61.8 Å². The molecule has 3 nitrogen and oxygen atoms in total. The summed E-state index contributed by atoms with van der Waals surface area (Å²) in [5.41, 5.74) is 11.2. The molecule has 0 saturated heterocycles. The zero-order chi connectivity index (χ0) is 21.7. The number of rotatable bonds is 5. The topological polar surface area (TPSA) is 58.9 Å². The molecule has 1 aromatic carbocycles. The smallest absolute Gasteiger partial charge is 0.150 e. The summed E-state index contributed by atoms with van der Waals surface area (Å²) in [4.78, 5) is 14.9. The molecule has 3 N–H and O–H groups in total. The molecule has 0 radical (unpaired) electrons. The van der Waals surface area contributed by atoms with Gasteiger partial charge in [0.1, 0.15) is 0 Å². The monoisotopic (exact) mass is 382 g/mol. The highest BCUT2D eigenvalue weighted by molar-refractivity contribution is 5.93. The van der Waals surface area contributed by atoms with E-state index in [1.165, 1.54) is 5.39 Å². The number of nitrogens with two attached hydrogens (primary N) is 1. The maximum Gasteiger partial charge on any atom is 0.150 e. The Hall–Kier alpha value is -2.55. The van der Waals surface area contributed by atoms with Crippen LogP contribution in [0.3, 0.4) is 0 Å². The molecular weight excluding hydrogens is 344 g/mol. The summed E-state index contributed by atoms with van der Waals surface area (Å²) in [7, 11) is 0. The third-order valence-corrected chi connectivity index (χ3v) is 3.77. The van der Waals surface area contributed by atoms with Gasteiger partial charge in [0.2, 0.25) is 0 Å². The number of aromatic amines is 1. The molecule has 0 spiro atoms. The van der Waals surface area contributed by atoms with Crippen molar-refractivity contribution in [2.75, 3.05) is 0 Å². The van der Waals surface area contributed by atoms with Gasteiger partial charge in [0.05, 0.1) is 0 Å². The van der Waals surface area contributed by atoms with Crippen molar-refractivity contribution in [1.29, 1.82) is 0 Å². The summed E-state index contributed by atoms with van der Waals surface area (Å²) < 4.78 is 0. The van der Waals surface area contributed by atoms with Crippen LogP contribution >= 0.6 is 0 Å². The van der Waals surface area contributed by atoms with Gasteiger partial charge >= 0.3 is 0 Å². The van der Waals surface area contributed by atoms with Gasteiger partial charge in [-0.05, 0) is 43.9 Å². The van der Waals surface area contributed by atoms with Gasteiger partial charge in [0, 0.05) is 33.4 Å². The minimum Gasteiger partial charge on any atom is -0.399 e. The van der Waals surface area contributed by atoms with Gasteiger partial charge in [-0.25, -0.2) is 0 Å². The molecule has 0 aliphatic rings. The van der Waals surface area contributed by atoms with Crippen molar-refractivity contribution in [2.24, 2.45) is 11.7 Å². The lowest BCUT2D eigenvalue weighted by atomic mass is 10.0. The lowest BCUT2D eigenvalue weighted by Crippen LogP contribution is -2.04. The molecule has 0 aliphatic carbocycles. The first-order chi connectivity index (χ1) is 13.3. The highest BCUT2D eigenvalue weighted by Crippen LogP contribution is 2.25. The summed E-state index contributed by atoms with van der Waals surface area (Å²) in [6.07, 6.45) is 7.36. The van der Waals surface area contributed by atoms with Crippen LogP contribution in [-0.4, -0.2) is 11.3 Å². The number of fused-ring (bicyclic) bond motifs is 1. The molecule has 0 bridgehead atoms. The predicted octanol–water partition coefficient (Wildman–Crippen LogP) is 6.95. The molecule has 0 unspecified atom stereocenters. The van der Waals surface area contributed by atoms with E-state index in [9.17, 15) is 4.79 Å². The van der Waals surface area contributed by atoms with Gasteiger partial charge in [0.25, 0.3) is 0 Å². The maximum atomic E-state index is 11.6. The Bertz CT molecular complexity index is 817. The lowest BCUT2D eigenvalue weighted by molar-refractivity contribution is -0.104. The first-order valence-corrected chi connectivity index (χ1v) is 10.2. The summed E-state index contributed by atoms with van der Waals surface area (Å²) in [6.45, 7) is 16.4. The SMILES string of the molecule is CC.CC(C)C.C\C=C(N)/C(=C\CC)C(/C=O)=C/c1[nH]c2ccccc2c1C. The number of carbonyl (C=O) groups excluding carboxylic acids is 1. The first kappa shape index (κ1) is 25.4. The van der Waals surface area contributed by atoms with E-state index < -0.39 is 0 Å². The van der Waals surface area contributed by atoms with Crippen LogP contribution in [0.4, 0.5) is 0 Å². The molecule has 28 heavy (non-hydrogen) atoms. The zero-order valence-corrected chi connectivity index (χ0v) is 18.9. The van der Waals surface area contributed by atoms with Crippen LogP contribution in [0.5, 0.6) is 0 Å². The standard InChI is InChI=1S/C19H22N2O.C4H10.C2H6/c1-4-8-16(17(20)5-2)14(12-22)11-19-13(3)15-9-6-7-10-18(15)21-19;1-4(2)3;1-2/h5-12,21H,4,20H2,1-3H3;4H,1-3H3;1-2H3/b14-11+,16-8-,17-5+;;. The second-order valence-electron chi connectivity index (χ2n) is 6.93. The van der Waals surface area contributed by atoms with E-state index >= 15 is 0 Å². The van der Waals surface area contributed by atoms with Crippen LogP contribution in [-0.2, 0) is 4.79 Å². The summed E-state index contributed by atoms with van der Waals surface area (Å²) in [5.74, 6) is 0.833. The van der Waals surface area contributed by atoms with Gasteiger partial charge < -0.3 is 10.7 Å². The Morgan fingerprint density at radius 1 is 1.18 bits per heavy atom. The number of benzene rings is 1. The Kier molecular flexibility index (Phi) is 12.4. The van der Waals surface area contributed by atoms with Crippen molar-refractivity contribution < 1.29 is 4.79 Å². The molecule has 3 heteroatoms. The number of para-hydroxylation sites is 1. The number of aryl methyl sites for hydroxylation is 1. The Morgan fingerprint density at radius 2 is 1.75 bits per heavy atom. The molecule has 1 heterocycles. The number of hydrogen-bond acceptors (Lipinski definition) is 2. The number of nitrogens with one attached hydrogen (secondary N) is 1. The third-order valence-electron chi connectivity index (χ3n) is 3.77. The number of carbonyl (C=O) groups is 1. The lowest BCUT2D eigenvalue weighted by Gasteiger charge is -2.07. The van der Waals surface area contributed by atoms with Gasteiger partial charge in [-0.3, -0.25) is 4.79 Å². The van der Waals surface area contributed by atoms with Crippen LogP contribution in [0.15, 0.2) is 53.3 Å². The fraction of sp³-hybridized carbons (Fsp3) is 0.400. The number of allylic oxidation sites excluding steroid dienone is 3. The molecule has 0 amide bonds. The van der Waals surface area contributed by atoms with Gasteiger partial charge in [-0.15, -0.1) is 0 Å². The van der Waals surface area contributed by atoms with Crippen LogP contribution in [0.1, 0.15) is 66.1 Å². The highest BCUT2D eigenvalue weighted by atomic mass is 16.1. The first-order valence-electron chi connectivity index (χ1n) is 10.2. The van der Waals surface area contributed by atoms with E-state index in [0.29, 0.717) is 11.3 Å². The molecule has 0 saturated carbocycles. The average Bonchev–Trinajstić information content (AvgIpc) is 3.01. The quantitative estimate of drug-likeness (QED) is 0.334. The van der Waals surface area contributed by atoms with Crippen molar-refractivity contribution in [3.63, 3.8) is 0 Å². The normalized spacial score (nSPS) is 12.2. The van der Waals surface area contributed by atoms with Gasteiger partial charge in [0.15, 0.2) is 6.29 Å². The maximum absolute atomic E-state index is 11.6. The number of H-pyrrole nitrogens is 1. The molecule has 1 aromatic heterocycles. The highest BCUT2D eigenvalue weighted by Gasteiger charge is 2.10. The molecule has 2 aromatic rings. The van der Waals surface area contributed by atoms with E-state index in [2.05, 4.69) is 38.7 Å². The molecular formula is C25H38N2O. The van der Waals surface area contributed by atoms with E-state index in [0.717, 1.165) is 41.0 Å². The number of aromatic nitrogens is 1. The van der Waals surface area contributed by atoms with Crippen molar-refractivity contribution in [3.05, 3.63) is 64.5 Å². The van der Waals surface area contributed by atoms with Crippen LogP contribution in [0, 0.1) is 12.8 Å². The Balaban J connectivity index is 0.00000108. The van der Waals surface area contributed by atoms with Crippen molar-refractivity contribution in [1.82, 2.24) is 4.98 Å². The summed E-state index contributed by atoms with van der Waals surface area (Å²) in [6, 6.07) is 8.11. The number of hydrogen-bond donors (Lipinski definition) is 2. The van der Waals surface area contributed by atoms with Crippen molar-refractivity contribution in [3.8, 4) is 0 Å². The minimum absolute atomic E-state index is 0.590. The molecule has 0 aliphatic heterocycles. The molecule has 0 atom stereocenters. The van der Waals surface area contributed by atoms with E-state index in [1.807, 2.05) is 64.1 Å². The zero-order valence-electron chi connectivity index (χ0n) is 18.9. The van der Waals surface area contributed by atoms with Crippen LogP contribution in [0.2, 0.25) is 0 Å². The van der Waals surface area contributed by atoms with Gasteiger partial charge in [-0.2, -0.15) is 0 Å². The molecule has 0 fully saturated rings. The Labute approximate surface area is 171 Å². The third kappa shape index (κ3) is 7.59. The van der Waals surface area contributed by atoms with E-state index in [4.69, 9.17) is 5.73 Å². The fourth-order valence-electron chi connectivity index (χ4n) is 2.54. The van der Waals surface area contributed by atoms with E-state index in [1.54, 1.807) is 0 Å². The van der Waals surface area contributed by atoms with Crippen molar-refractivity contribution >= 4 is 23.3 Å². The largest absolute Gasteiger partial charge is 0.399 e. The van der Waals surface area contributed by atoms with E-state index in [-0.39, 0.29) is 0 Å². The molecule has 154 valence electrons. The predicted molar refractivity (Wildman–Crippen MR) is 125 cm³/mol. The fourth-order valence-corrected chi connectivity index (χ4v) is 2.54. The summed E-state index contributed by atoms with van der Waals surface area (Å²) >= 11 is 0. The van der Waals surface area contributed by atoms with Gasteiger partial charge in [-0.1, -0.05) is 71.9 Å². The average molecular weight is 383 g/mol. The van der Waals surface area contributed by atoms with Crippen LogP contribution in [0.25, 0.3) is 17.0 Å². The minimum atomic E-state index is 0.590. The second-order valence-corrected chi connectivity index (χ2v) is 6.93. The molecule has 2 rings (SSSR count). The Morgan fingerprint density at radius 3 is 2.21 bits per heavy atom. The second kappa shape index (κ2) is 13.6.